The molecule has 1 atom stereocenters. The third kappa shape index (κ3) is 5.32. The molecular formula is C28H35N3O7. The number of Topliss-reactive ketones (excluding diaryl/α,β-unsaturated/α-hetero) is 1. The van der Waals surface area contributed by atoms with Gasteiger partial charge in [-0.05, 0) is 43.5 Å². The van der Waals surface area contributed by atoms with Crippen LogP contribution in [-0.2, 0) is 19.1 Å². The summed E-state index contributed by atoms with van der Waals surface area (Å²) in [5.74, 6) is -1.67. The predicted octanol–water partition coefficient (Wildman–Crippen LogP) is 2.96. The molecule has 4 rings (SSSR count). The number of amides is 1. The second kappa shape index (κ2) is 11.8. The van der Waals surface area contributed by atoms with Crippen molar-refractivity contribution in [2.24, 2.45) is 0 Å². The summed E-state index contributed by atoms with van der Waals surface area (Å²) in [5, 5.41) is 11.5. The molecule has 10 heteroatoms. The van der Waals surface area contributed by atoms with Gasteiger partial charge in [-0.2, -0.15) is 0 Å². The summed E-state index contributed by atoms with van der Waals surface area (Å²) >= 11 is 0. The van der Waals surface area contributed by atoms with Gasteiger partial charge >= 0.3 is 5.97 Å². The first-order chi connectivity index (χ1) is 18.3. The molecule has 0 saturated carbocycles. The molecule has 2 aliphatic rings. The Bertz CT molecular complexity index is 1230. The Morgan fingerprint density at radius 3 is 2.45 bits per heavy atom. The van der Waals surface area contributed by atoms with E-state index in [1.807, 2.05) is 19.1 Å². The zero-order valence-corrected chi connectivity index (χ0v) is 22.3. The van der Waals surface area contributed by atoms with Gasteiger partial charge in [0.2, 0.25) is 0 Å². The van der Waals surface area contributed by atoms with Crippen LogP contribution < -0.4 is 4.74 Å². The number of hydrogen-bond acceptors (Lipinski definition) is 8. The van der Waals surface area contributed by atoms with Crippen LogP contribution in [-0.4, -0.2) is 90.7 Å². The summed E-state index contributed by atoms with van der Waals surface area (Å²) in [6, 6.07) is 6.43. The van der Waals surface area contributed by atoms with E-state index in [9.17, 15) is 19.5 Å². The Kier molecular flexibility index (Phi) is 8.53. The molecule has 38 heavy (non-hydrogen) atoms. The lowest BCUT2D eigenvalue weighted by molar-refractivity contribution is -0.140. The highest BCUT2D eigenvalue weighted by atomic mass is 16.5. The molecule has 2 aromatic rings. The van der Waals surface area contributed by atoms with Crippen LogP contribution in [0.1, 0.15) is 52.3 Å². The Labute approximate surface area is 222 Å². The van der Waals surface area contributed by atoms with Gasteiger partial charge in [0.1, 0.15) is 17.2 Å². The summed E-state index contributed by atoms with van der Waals surface area (Å²) < 4.78 is 16.0. The average Bonchev–Trinajstić information content (AvgIpc) is 3.37. The second-order valence-electron chi connectivity index (χ2n) is 9.48. The highest BCUT2D eigenvalue weighted by molar-refractivity contribution is 6.46. The van der Waals surface area contributed by atoms with Crippen LogP contribution in [0.2, 0.25) is 0 Å². The number of nitrogens with one attached hydrogen (secondary N) is 1. The number of aromatic nitrogens is 1. The molecule has 1 aromatic carbocycles. The maximum absolute atomic E-state index is 13.4. The van der Waals surface area contributed by atoms with E-state index in [1.165, 1.54) is 12.0 Å². The van der Waals surface area contributed by atoms with Gasteiger partial charge in [-0.15, -0.1) is 0 Å². The van der Waals surface area contributed by atoms with Crippen molar-refractivity contribution in [2.75, 3.05) is 53.1 Å². The molecule has 0 radical (unpaired) electrons. The summed E-state index contributed by atoms with van der Waals surface area (Å²) in [4.78, 5) is 45.6. The summed E-state index contributed by atoms with van der Waals surface area (Å²) in [6.45, 7) is 9.56. The summed E-state index contributed by atoms with van der Waals surface area (Å²) in [6.07, 6.45) is 0.867. The van der Waals surface area contributed by atoms with Crippen molar-refractivity contribution in [3.63, 3.8) is 0 Å². The van der Waals surface area contributed by atoms with Gasteiger partial charge in [-0.1, -0.05) is 19.1 Å². The Hall–Kier alpha value is -3.63. The largest absolute Gasteiger partial charge is 0.507 e. The number of nitrogens with zero attached hydrogens (tertiary/aromatic N) is 2. The van der Waals surface area contributed by atoms with E-state index >= 15 is 0 Å². The third-order valence-corrected chi connectivity index (χ3v) is 7.03. The zero-order valence-electron chi connectivity index (χ0n) is 22.3. The fourth-order valence-corrected chi connectivity index (χ4v) is 5.04. The molecule has 2 aliphatic heterocycles. The van der Waals surface area contributed by atoms with Crippen molar-refractivity contribution in [1.82, 2.24) is 14.8 Å². The van der Waals surface area contributed by atoms with Crippen molar-refractivity contribution >= 4 is 23.4 Å². The molecule has 1 amide bonds. The van der Waals surface area contributed by atoms with E-state index in [1.54, 1.807) is 26.0 Å². The van der Waals surface area contributed by atoms with Crippen molar-refractivity contribution in [2.45, 2.75) is 33.2 Å². The SMILES string of the molecule is CCCOc1ccc(C2C(=C(O)c3c(C)[nH]c(C(=O)OC)c3C)C(=O)C(=O)N2CCN2CCOCC2)cc1. The smallest absolute Gasteiger partial charge is 0.354 e. The van der Waals surface area contributed by atoms with Crippen LogP contribution >= 0.6 is 0 Å². The van der Waals surface area contributed by atoms with E-state index in [2.05, 4.69) is 9.88 Å². The number of aliphatic hydroxyl groups is 1. The van der Waals surface area contributed by atoms with Gasteiger partial charge in [0.05, 0.1) is 38.5 Å². The number of hydrogen-bond donors (Lipinski definition) is 2. The molecule has 0 spiro atoms. The van der Waals surface area contributed by atoms with Crippen LogP contribution in [0, 0.1) is 13.8 Å². The lowest BCUT2D eigenvalue weighted by Crippen LogP contribution is -2.42. The topological polar surface area (TPSA) is 121 Å². The Morgan fingerprint density at radius 2 is 1.82 bits per heavy atom. The van der Waals surface area contributed by atoms with E-state index < -0.39 is 23.7 Å². The number of aliphatic hydroxyl groups excluding tert-OH is 1. The minimum Gasteiger partial charge on any atom is -0.507 e. The standard InChI is InChI=1S/C28H35N3O7/c1-5-14-38-20-8-6-19(7-9-20)24-22(25(32)21-17(2)23(28(35)36-4)29-18(21)3)26(33)27(34)31(24)11-10-30-12-15-37-16-13-30/h6-9,24,29,32H,5,10-16H2,1-4H3. The van der Waals surface area contributed by atoms with Crippen LogP contribution in [0.15, 0.2) is 29.8 Å². The van der Waals surface area contributed by atoms with Crippen LogP contribution in [0.5, 0.6) is 5.75 Å². The molecular weight excluding hydrogens is 490 g/mol. The first-order valence-electron chi connectivity index (χ1n) is 12.9. The van der Waals surface area contributed by atoms with Gasteiger partial charge in [-0.25, -0.2) is 4.79 Å². The number of methoxy groups -OCH3 is 1. The van der Waals surface area contributed by atoms with Gasteiger partial charge in [-0.3, -0.25) is 14.5 Å². The molecule has 1 unspecified atom stereocenters. The fraction of sp³-hybridized carbons (Fsp3) is 0.464. The normalized spacial score (nSPS) is 19.7. The highest BCUT2D eigenvalue weighted by Crippen LogP contribution is 2.41. The van der Waals surface area contributed by atoms with Gasteiger partial charge in [0.15, 0.2) is 0 Å². The van der Waals surface area contributed by atoms with Gasteiger partial charge in [0, 0.05) is 37.4 Å². The number of carbonyl (C=O) groups excluding carboxylic acids is 3. The molecule has 204 valence electrons. The number of carbonyl (C=O) groups is 3. The zero-order chi connectivity index (χ0) is 27.4. The maximum Gasteiger partial charge on any atom is 0.354 e. The van der Waals surface area contributed by atoms with E-state index in [4.69, 9.17) is 14.2 Å². The molecule has 0 aliphatic carbocycles. The number of ketones is 1. The molecule has 1 aromatic heterocycles. The van der Waals surface area contributed by atoms with E-state index in [-0.39, 0.29) is 17.0 Å². The number of aryl methyl sites for hydroxylation is 1. The summed E-state index contributed by atoms with van der Waals surface area (Å²) in [7, 11) is 1.27. The van der Waals surface area contributed by atoms with E-state index in [0.29, 0.717) is 61.0 Å². The lowest BCUT2D eigenvalue weighted by Gasteiger charge is -2.31. The number of rotatable bonds is 9. The van der Waals surface area contributed by atoms with Crippen LogP contribution in [0.3, 0.4) is 0 Å². The molecule has 2 fully saturated rings. The van der Waals surface area contributed by atoms with Crippen LogP contribution in [0.25, 0.3) is 5.76 Å². The quantitative estimate of drug-likeness (QED) is 0.222. The van der Waals surface area contributed by atoms with Crippen molar-refractivity contribution in [3.05, 3.63) is 57.9 Å². The monoisotopic (exact) mass is 525 g/mol. The van der Waals surface area contributed by atoms with Crippen molar-refractivity contribution in [3.8, 4) is 5.75 Å². The number of morpholine rings is 1. The number of ether oxygens (including phenoxy) is 3. The van der Waals surface area contributed by atoms with Crippen LogP contribution in [0.4, 0.5) is 0 Å². The highest BCUT2D eigenvalue weighted by Gasteiger charge is 2.46. The number of esters is 1. The molecule has 2 saturated heterocycles. The molecule has 2 N–H and O–H groups in total. The fourth-order valence-electron chi connectivity index (χ4n) is 5.04. The average molecular weight is 526 g/mol. The Balaban J connectivity index is 1.77. The minimum atomic E-state index is -0.799. The number of benzene rings is 1. The second-order valence-corrected chi connectivity index (χ2v) is 9.48. The molecule has 10 nitrogen and oxygen atoms in total. The minimum absolute atomic E-state index is 0.0131. The van der Waals surface area contributed by atoms with E-state index in [0.717, 1.165) is 19.5 Å². The van der Waals surface area contributed by atoms with Gasteiger partial charge in [0.25, 0.3) is 11.7 Å². The number of aromatic amines is 1. The number of likely N-dealkylation sites (tertiary alicyclic amines) is 1. The number of H-pyrrole nitrogens is 1. The third-order valence-electron chi connectivity index (χ3n) is 7.03. The molecule has 3 heterocycles. The first kappa shape index (κ1) is 27.4. The first-order valence-corrected chi connectivity index (χ1v) is 12.9. The predicted molar refractivity (Wildman–Crippen MR) is 140 cm³/mol. The Morgan fingerprint density at radius 1 is 1.13 bits per heavy atom. The van der Waals surface area contributed by atoms with Gasteiger partial charge < -0.3 is 29.2 Å². The molecule has 0 bridgehead atoms. The van der Waals surface area contributed by atoms with Crippen molar-refractivity contribution < 1.29 is 33.7 Å². The maximum atomic E-state index is 13.4. The summed E-state index contributed by atoms with van der Waals surface area (Å²) in [5.41, 5.74) is 2.08. The lowest BCUT2D eigenvalue weighted by atomic mass is 9.94. The van der Waals surface area contributed by atoms with Crippen molar-refractivity contribution in [1.29, 1.82) is 0 Å².